The molecule has 2 aromatic carbocycles. The lowest BCUT2D eigenvalue weighted by atomic mass is 10.1. The number of halogens is 1. The number of nitriles is 1. The highest BCUT2D eigenvalue weighted by atomic mass is 32.2. The number of amides is 1. The smallest absolute Gasteiger partial charge is 0.233 e. The van der Waals surface area contributed by atoms with Crippen LogP contribution in [0.3, 0.4) is 0 Å². The van der Waals surface area contributed by atoms with Crippen LogP contribution in [0, 0.1) is 17.1 Å². The molecule has 0 spiro atoms. The maximum Gasteiger partial charge on any atom is 0.233 e. The van der Waals surface area contributed by atoms with Crippen molar-refractivity contribution in [3.05, 3.63) is 76.5 Å². The van der Waals surface area contributed by atoms with Gasteiger partial charge in [-0.15, -0.1) is 10.2 Å². The Kier molecular flexibility index (Phi) is 6.52. The summed E-state index contributed by atoms with van der Waals surface area (Å²) in [5.74, 6) is -0.189. The molecule has 3 rings (SSSR count). The lowest BCUT2D eigenvalue weighted by Crippen LogP contribution is -2.31. The van der Waals surface area contributed by atoms with Gasteiger partial charge in [-0.2, -0.15) is 5.26 Å². The van der Waals surface area contributed by atoms with Gasteiger partial charge in [0.2, 0.25) is 5.91 Å². The van der Waals surface area contributed by atoms with Gasteiger partial charge in [-0.05, 0) is 35.4 Å². The van der Waals surface area contributed by atoms with Gasteiger partial charge in [-0.25, -0.2) is 4.39 Å². The van der Waals surface area contributed by atoms with E-state index in [9.17, 15) is 9.18 Å². The van der Waals surface area contributed by atoms with Gasteiger partial charge in [-0.3, -0.25) is 4.79 Å². The SMILES string of the molecule is N#Cc1ccc(CN(Cc2cccc(F)c2)C(=O)CSc2nncs2)cc1. The molecule has 5 nitrogen and oxygen atoms in total. The number of hydrogen-bond acceptors (Lipinski definition) is 6. The van der Waals surface area contributed by atoms with Crippen LogP contribution >= 0.6 is 23.1 Å². The van der Waals surface area contributed by atoms with E-state index in [0.717, 1.165) is 15.5 Å². The minimum Gasteiger partial charge on any atom is -0.333 e. The minimum absolute atomic E-state index is 0.0798. The Morgan fingerprint density at radius 2 is 1.96 bits per heavy atom. The van der Waals surface area contributed by atoms with Crippen LogP contribution in [0.1, 0.15) is 16.7 Å². The number of rotatable bonds is 7. The van der Waals surface area contributed by atoms with E-state index in [1.165, 1.54) is 35.2 Å². The predicted octanol–water partition coefficient (Wildman–Crippen LogP) is 3.87. The third-order valence-corrected chi connectivity index (χ3v) is 5.58. The van der Waals surface area contributed by atoms with Gasteiger partial charge in [0.25, 0.3) is 0 Å². The van der Waals surface area contributed by atoms with Crippen LogP contribution in [0.15, 0.2) is 58.4 Å². The number of carbonyl (C=O) groups excluding carboxylic acids is 1. The summed E-state index contributed by atoms with van der Waals surface area (Å²) in [5, 5.41) is 16.6. The van der Waals surface area contributed by atoms with Gasteiger partial charge >= 0.3 is 0 Å². The molecule has 0 N–H and O–H groups in total. The Hall–Kier alpha value is -2.76. The normalized spacial score (nSPS) is 10.4. The Bertz CT molecular complexity index is 939. The summed E-state index contributed by atoms with van der Waals surface area (Å²) in [5.41, 5.74) is 3.81. The lowest BCUT2D eigenvalue weighted by molar-refractivity contribution is -0.129. The zero-order valence-electron chi connectivity index (χ0n) is 14.2. The van der Waals surface area contributed by atoms with E-state index in [4.69, 9.17) is 5.26 Å². The predicted molar refractivity (Wildman–Crippen MR) is 102 cm³/mol. The molecule has 8 heteroatoms. The highest BCUT2D eigenvalue weighted by Crippen LogP contribution is 2.21. The van der Waals surface area contributed by atoms with E-state index in [0.29, 0.717) is 18.7 Å². The molecule has 27 heavy (non-hydrogen) atoms. The average Bonchev–Trinajstić information content (AvgIpc) is 3.20. The fourth-order valence-corrected chi connectivity index (χ4v) is 3.82. The Morgan fingerprint density at radius 1 is 1.19 bits per heavy atom. The molecule has 1 amide bonds. The van der Waals surface area contributed by atoms with Gasteiger partial charge in [-0.1, -0.05) is 47.4 Å². The van der Waals surface area contributed by atoms with Crippen LogP contribution in [-0.2, 0) is 17.9 Å². The summed E-state index contributed by atoms with van der Waals surface area (Å²) >= 11 is 2.71. The molecule has 0 aliphatic rings. The number of nitrogens with zero attached hydrogens (tertiary/aromatic N) is 4. The summed E-state index contributed by atoms with van der Waals surface area (Å²) < 4.78 is 14.2. The molecule has 0 bridgehead atoms. The molecule has 0 fully saturated rings. The molecule has 0 saturated carbocycles. The quantitative estimate of drug-likeness (QED) is 0.565. The molecule has 3 aromatic rings. The first-order valence-corrected chi connectivity index (χ1v) is 9.91. The summed E-state index contributed by atoms with van der Waals surface area (Å²) in [4.78, 5) is 14.4. The summed E-state index contributed by atoms with van der Waals surface area (Å²) in [6.45, 7) is 0.672. The average molecular weight is 398 g/mol. The van der Waals surface area contributed by atoms with Gasteiger partial charge in [0.15, 0.2) is 4.34 Å². The topological polar surface area (TPSA) is 69.9 Å². The zero-order chi connectivity index (χ0) is 19.1. The molecule has 0 atom stereocenters. The van der Waals surface area contributed by atoms with Crippen molar-refractivity contribution in [2.75, 3.05) is 5.75 Å². The zero-order valence-corrected chi connectivity index (χ0v) is 15.8. The van der Waals surface area contributed by atoms with E-state index in [1.54, 1.807) is 34.7 Å². The third-order valence-electron chi connectivity index (χ3n) is 3.73. The second-order valence-corrected chi connectivity index (χ2v) is 7.74. The summed E-state index contributed by atoms with van der Waals surface area (Å²) in [6, 6.07) is 15.4. The van der Waals surface area contributed by atoms with Gasteiger partial charge in [0, 0.05) is 13.1 Å². The van der Waals surface area contributed by atoms with Crippen molar-refractivity contribution in [3.8, 4) is 6.07 Å². The molecule has 1 heterocycles. The van der Waals surface area contributed by atoms with Crippen molar-refractivity contribution in [2.45, 2.75) is 17.4 Å². The van der Waals surface area contributed by atoms with Crippen LogP contribution in [0.25, 0.3) is 0 Å². The number of aromatic nitrogens is 2. The van der Waals surface area contributed by atoms with Crippen LogP contribution in [-0.4, -0.2) is 26.8 Å². The van der Waals surface area contributed by atoms with Crippen molar-refractivity contribution in [1.29, 1.82) is 5.26 Å². The molecule has 0 aliphatic carbocycles. The van der Waals surface area contributed by atoms with Crippen molar-refractivity contribution >= 4 is 29.0 Å². The molecule has 1 aromatic heterocycles. The van der Waals surface area contributed by atoms with Crippen molar-refractivity contribution in [1.82, 2.24) is 15.1 Å². The van der Waals surface area contributed by atoms with Gasteiger partial charge in [0.05, 0.1) is 17.4 Å². The van der Waals surface area contributed by atoms with Crippen LogP contribution in [0.5, 0.6) is 0 Å². The largest absolute Gasteiger partial charge is 0.333 e. The summed E-state index contributed by atoms with van der Waals surface area (Å²) in [6.07, 6.45) is 0. The standard InChI is InChI=1S/C19H15FN4OS2/c20-17-3-1-2-16(8-17)11-24(10-15-6-4-14(9-21)5-7-15)18(25)12-26-19-23-22-13-27-19/h1-8,13H,10-12H2. The van der Waals surface area contributed by atoms with Gasteiger partial charge < -0.3 is 4.90 Å². The van der Waals surface area contributed by atoms with Crippen LogP contribution < -0.4 is 0 Å². The first kappa shape index (κ1) is 19.0. The number of benzene rings is 2. The molecular formula is C19H15FN4OS2. The molecular weight excluding hydrogens is 383 g/mol. The second-order valence-electron chi connectivity index (χ2n) is 5.68. The molecule has 0 aliphatic heterocycles. The first-order valence-electron chi connectivity index (χ1n) is 8.04. The Labute approximate surface area is 164 Å². The minimum atomic E-state index is -0.332. The Morgan fingerprint density at radius 3 is 2.63 bits per heavy atom. The molecule has 136 valence electrons. The summed E-state index contributed by atoms with van der Waals surface area (Å²) in [7, 11) is 0. The fraction of sp³-hybridized carbons (Fsp3) is 0.158. The molecule has 0 unspecified atom stereocenters. The molecule has 0 saturated heterocycles. The Balaban J connectivity index is 1.74. The van der Waals surface area contributed by atoms with Crippen molar-refractivity contribution in [3.63, 3.8) is 0 Å². The highest BCUT2D eigenvalue weighted by Gasteiger charge is 2.16. The maximum atomic E-state index is 13.5. The third kappa shape index (κ3) is 5.61. The van der Waals surface area contributed by atoms with Crippen molar-refractivity contribution in [2.24, 2.45) is 0 Å². The van der Waals surface area contributed by atoms with E-state index in [-0.39, 0.29) is 17.5 Å². The van der Waals surface area contributed by atoms with Crippen LogP contribution in [0.2, 0.25) is 0 Å². The number of carbonyl (C=O) groups is 1. The first-order chi connectivity index (χ1) is 13.1. The van der Waals surface area contributed by atoms with E-state index >= 15 is 0 Å². The highest BCUT2D eigenvalue weighted by molar-refractivity contribution is 8.01. The lowest BCUT2D eigenvalue weighted by Gasteiger charge is -2.23. The van der Waals surface area contributed by atoms with E-state index < -0.39 is 0 Å². The van der Waals surface area contributed by atoms with E-state index in [1.807, 2.05) is 12.1 Å². The van der Waals surface area contributed by atoms with Crippen molar-refractivity contribution < 1.29 is 9.18 Å². The van der Waals surface area contributed by atoms with E-state index in [2.05, 4.69) is 16.3 Å². The fourth-order valence-electron chi connectivity index (χ4n) is 2.43. The van der Waals surface area contributed by atoms with Gasteiger partial charge in [0.1, 0.15) is 11.3 Å². The monoisotopic (exact) mass is 398 g/mol. The maximum absolute atomic E-state index is 13.5. The number of thioether (sulfide) groups is 1. The molecule has 0 radical (unpaired) electrons. The number of hydrogen-bond donors (Lipinski definition) is 0. The van der Waals surface area contributed by atoms with Crippen LogP contribution in [0.4, 0.5) is 4.39 Å². The second kappa shape index (κ2) is 9.26.